The summed E-state index contributed by atoms with van der Waals surface area (Å²) in [6.45, 7) is 0. The van der Waals surface area contributed by atoms with Crippen LogP contribution in [0.4, 0.5) is 0 Å². The Morgan fingerprint density at radius 3 is 2.13 bits per heavy atom. The molecule has 0 radical (unpaired) electrons. The van der Waals surface area contributed by atoms with Crippen molar-refractivity contribution in [1.29, 1.82) is 0 Å². The lowest BCUT2D eigenvalue weighted by molar-refractivity contribution is 0.307. The first-order chi connectivity index (χ1) is 11.2. The molecule has 3 atom stereocenters. The van der Waals surface area contributed by atoms with E-state index >= 15 is 0 Å². The van der Waals surface area contributed by atoms with E-state index < -0.39 is 0 Å². The quantitative estimate of drug-likeness (QED) is 0.704. The highest BCUT2D eigenvalue weighted by Gasteiger charge is 2.43. The van der Waals surface area contributed by atoms with Crippen molar-refractivity contribution in [2.24, 2.45) is 0 Å². The minimum Gasteiger partial charge on any atom is -0.493 e. The normalized spacial score (nSPS) is 23.0. The second-order valence-corrected chi connectivity index (χ2v) is 6.89. The van der Waals surface area contributed by atoms with Gasteiger partial charge >= 0.3 is 0 Å². The molecule has 122 valence electrons. The zero-order chi connectivity index (χ0) is 16.4. The Hall–Kier alpha value is -1.68. The highest BCUT2D eigenvalue weighted by Crippen LogP contribution is 2.56. The SMILES string of the molecule is COc1ccc([C@H]2[C@H](Br)C[C@@H]2c2ccccc2)c(OC)c1OC. The van der Waals surface area contributed by atoms with Gasteiger partial charge in [-0.2, -0.15) is 0 Å². The number of methoxy groups -OCH3 is 3. The van der Waals surface area contributed by atoms with E-state index in [-0.39, 0.29) is 0 Å². The fraction of sp³-hybridized carbons (Fsp3) is 0.368. The molecule has 2 aromatic carbocycles. The molecule has 0 N–H and O–H groups in total. The first kappa shape index (κ1) is 16.2. The molecule has 1 aliphatic carbocycles. The van der Waals surface area contributed by atoms with Crippen LogP contribution in [0.15, 0.2) is 42.5 Å². The topological polar surface area (TPSA) is 27.7 Å². The number of rotatable bonds is 5. The molecule has 0 aliphatic heterocycles. The van der Waals surface area contributed by atoms with Crippen molar-refractivity contribution >= 4 is 15.9 Å². The highest BCUT2D eigenvalue weighted by atomic mass is 79.9. The molecular formula is C19H21BrO3. The Morgan fingerprint density at radius 2 is 1.57 bits per heavy atom. The Kier molecular flexibility index (Phi) is 4.81. The lowest BCUT2D eigenvalue weighted by Crippen LogP contribution is -2.33. The van der Waals surface area contributed by atoms with Gasteiger partial charge in [-0.3, -0.25) is 0 Å². The van der Waals surface area contributed by atoms with Crippen molar-refractivity contribution in [2.45, 2.75) is 23.1 Å². The van der Waals surface area contributed by atoms with Gasteiger partial charge in [0.15, 0.2) is 11.5 Å². The van der Waals surface area contributed by atoms with Crippen molar-refractivity contribution in [3.63, 3.8) is 0 Å². The molecule has 0 aromatic heterocycles. The van der Waals surface area contributed by atoms with Crippen LogP contribution >= 0.6 is 15.9 Å². The third kappa shape index (κ3) is 2.80. The minimum atomic E-state index is 0.354. The van der Waals surface area contributed by atoms with Crippen LogP contribution in [-0.2, 0) is 0 Å². The van der Waals surface area contributed by atoms with Crippen LogP contribution in [-0.4, -0.2) is 26.2 Å². The summed E-state index contributed by atoms with van der Waals surface area (Å²) in [6, 6.07) is 14.7. The average molecular weight is 377 g/mol. The molecule has 3 rings (SSSR count). The zero-order valence-corrected chi connectivity index (χ0v) is 15.2. The Balaban J connectivity index is 2.03. The standard InChI is InChI=1S/C19H21BrO3/c1-21-16-10-9-13(18(22-2)19(16)23-3)17-14(11-15(17)20)12-7-5-4-6-8-12/h4-10,14-15,17H,11H2,1-3H3/t14-,15-,17-/m1/s1. The molecule has 0 heterocycles. The summed E-state index contributed by atoms with van der Waals surface area (Å²) in [7, 11) is 4.96. The molecular weight excluding hydrogens is 356 g/mol. The molecule has 1 aliphatic rings. The van der Waals surface area contributed by atoms with Crippen molar-refractivity contribution in [1.82, 2.24) is 0 Å². The van der Waals surface area contributed by atoms with Gasteiger partial charge in [0.05, 0.1) is 21.3 Å². The van der Waals surface area contributed by atoms with Crippen LogP contribution in [0, 0.1) is 0 Å². The van der Waals surface area contributed by atoms with Crippen molar-refractivity contribution in [3.8, 4) is 17.2 Å². The van der Waals surface area contributed by atoms with E-state index in [0.29, 0.717) is 28.2 Å². The predicted octanol–water partition coefficient (Wildman–Crippen LogP) is 4.75. The number of alkyl halides is 1. The molecule has 3 nitrogen and oxygen atoms in total. The Bertz CT molecular complexity index is 672. The molecule has 0 amide bonds. The molecule has 2 aromatic rings. The summed E-state index contributed by atoms with van der Waals surface area (Å²) < 4.78 is 16.6. The van der Waals surface area contributed by atoms with Crippen molar-refractivity contribution in [2.75, 3.05) is 21.3 Å². The highest BCUT2D eigenvalue weighted by molar-refractivity contribution is 9.09. The molecule has 1 saturated carbocycles. The molecule has 0 bridgehead atoms. The van der Waals surface area contributed by atoms with E-state index in [1.54, 1.807) is 21.3 Å². The number of hydrogen-bond acceptors (Lipinski definition) is 3. The first-order valence-corrected chi connectivity index (χ1v) is 8.60. The van der Waals surface area contributed by atoms with E-state index in [0.717, 1.165) is 17.7 Å². The van der Waals surface area contributed by atoms with Crippen LogP contribution in [0.3, 0.4) is 0 Å². The third-order valence-corrected chi connectivity index (χ3v) is 5.57. The summed E-state index contributed by atoms with van der Waals surface area (Å²) in [5.41, 5.74) is 2.53. The lowest BCUT2D eigenvalue weighted by Gasteiger charge is -2.43. The predicted molar refractivity (Wildman–Crippen MR) is 95.4 cm³/mol. The summed E-state index contributed by atoms with van der Waals surface area (Å²) in [6.07, 6.45) is 1.12. The van der Waals surface area contributed by atoms with Gasteiger partial charge in [-0.05, 0) is 24.0 Å². The van der Waals surface area contributed by atoms with Gasteiger partial charge < -0.3 is 14.2 Å². The summed E-state index contributed by atoms with van der Waals surface area (Å²) >= 11 is 3.82. The summed E-state index contributed by atoms with van der Waals surface area (Å²) in [5.74, 6) is 2.95. The first-order valence-electron chi connectivity index (χ1n) is 7.69. The van der Waals surface area contributed by atoms with Crippen LogP contribution in [0.2, 0.25) is 0 Å². The van der Waals surface area contributed by atoms with Gasteiger partial charge in [-0.15, -0.1) is 0 Å². The van der Waals surface area contributed by atoms with Gasteiger partial charge in [-0.25, -0.2) is 0 Å². The van der Waals surface area contributed by atoms with E-state index in [1.165, 1.54) is 5.56 Å². The van der Waals surface area contributed by atoms with Crippen LogP contribution in [0.5, 0.6) is 17.2 Å². The fourth-order valence-corrected chi connectivity index (χ4v) is 4.49. The number of ether oxygens (including phenoxy) is 3. The average Bonchev–Trinajstić information content (AvgIpc) is 2.59. The molecule has 1 fully saturated rings. The van der Waals surface area contributed by atoms with E-state index in [1.807, 2.05) is 6.07 Å². The molecule has 23 heavy (non-hydrogen) atoms. The summed E-state index contributed by atoms with van der Waals surface area (Å²) in [5, 5.41) is 0. The molecule has 0 saturated heterocycles. The smallest absolute Gasteiger partial charge is 0.203 e. The summed E-state index contributed by atoms with van der Waals surface area (Å²) in [4.78, 5) is 0.430. The molecule has 0 spiro atoms. The van der Waals surface area contributed by atoms with Gasteiger partial charge in [0.2, 0.25) is 5.75 Å². The van der Waals surface area contributed by atoms with Crippen LogP contribution in [0.25, 0.3) is 0 Å². The molecule has 4 heteroatoms. The minimum absolute atomic E-state index is 0.354. The van der Waals surface area contributed by atoms with E-state index in [4.69, 9.17) is 14.2 Å². The maximum atomic E-state index is 5.67. The zero-order valence-electron chi connectivity index (χ0n) is 13.6. The number of halogens is 1. The maximum absolute atomic E-state index is 5.67. The monoisotopic (exact) mass is 376 g/mol. The lowest BCUT2D eigenvalue weighted by atomic mass is 9.66. The molecule has 0 unspecified atom stereocenters. The second-order valence-electron chi connectivity index (χ2n) is 5.72. The van der Waals surface area contributed by atoms with E-state index in [2.05, 4.69) is 52.3 Å². The largest absolute Gasteiger partial charge is 0.493 e. The van der Waals surface area contributed by atoms with Crippen LogP contribution < -0.4 is 14.2 Å². The Labute approximate surface area is 145 Å². The Morgan fingerprint density at radius 1 is 0.870 bits per heavy atom. The van der Waals surface area contributed by atoms with Crippen molar-refractivity contribution in [3.05, 3.63) is 53.6 Å². The maximum Gasteiger partial charge on any atom is 0.203 e. The van der Waals surface area contributed by atoms with Gasteiger partial charge in [0.1, 0.15) is 0 Å². The van der Waals surface area contributed by atoms with E-state index in [9.17, 15) is 0 Å². The van der Waals surface area contributed by atoms with Gasteiger partial charge in [0, 0.05) is 16.3 Å². The third-order valence-electron chi connectivity index (χ3n) is 4.62. The van der Waals surface area contributed by atoms with Crippen LogP contribution in [0.1, 0.15) is 29.4 Å². The fourth-order valence-electron chi connectivity index (χ4n) is 3.43. The van der Waals surface area contributed by atoms with Gasteiger partial charge in [0.25, 0.3) is 0 Å². The number of benzene rings is 2. The van der Waals surface area contributed by atoms with Gasteiger partial charge in [-0.1, -0.05) is 52.3 Å². The number of hydrogen-bond donors (Lipinski definition) is 0. The second kappa shape index (κ2) is 6.83. The van der Waals surface area contributed by atoms with Crippen molar-refractivity contribution < 1.29 is 14.2 Å².